The molecule has 0 aliphatic heterocycles. The maximum Gasteiger partial charge on any atom is 0.377 e. The van der Waals surface area contributed by atoms with E-state index in [1.807, 2.05) is 0 Å². The van der Waals surface area contributed by atoms with Gasteiger partial charge in [-0.3, -0.25) is 4.57 Å². The van der Waals surface area contributed by atoms with Crippen molar-refractivity contribution in [3.8, 4) is 11.5 Å². The number of hydrogen-bond donors (Lipinski definition) is 2. The lowest BCUT2D eigenvalue weighted by molar-refractivity contribution is 0.0478. The molecule has 0 amide bonds. The molecule has 108 valence electrons. The fraction of sp³-hybridized carbons (Fsp3) is 0.273. The van der Waals surface area contributed by atoms with E-state index in [0.29, 0.717) is 0 Å². The summed E-state index contributed by atoms with van der Waals surface area (Å²) < 4.78 is 26.0. The lowest BCUT2D eigenvalue weighted by atomic mass is 10.2. The predicted molar refractivity (Wildman–Crippen MR) is 66.6 cm³/mol. The molecule has 2 rings (SSSR count). The summed E-state index contributed by atoms with van der Waals surface area (Å²) in [6.07, 6.45) is 1.13. The third-order valence-electron chi connectivity index (χ3n) is 2.56. The van der Waals surface area contributed by atoms with Crippen LogP contribution in [-0.2, 0) is 9.30 Å². The van der Waals surface area contributed by atoms with Crippen molar-refractivity contribution in [1.29, 1.82) is 0 Å². The van der Waals surface area contributed by atoms with Crippen LogP contribution in [-0.4, -0.2) is 27.5 Å². The molecule has 20 heavy (non-hydrogen) atoms. The third-order valence-corrected chi connectivity index (χ3v) is 3.54. The van der Waals surface area contributed by atoms with Crippen LogP contribution in [0.4, 0.5) is 0 Å². The molecule has 0 aromatic carbocycles. The van der Waals surface area contributed by atoms with Gasteiger partial charge in [0.05, 0.1) is 12.9 Å². The molecule has 0 radical (unpaired) electrons. The van der Waals surface area contributed by atoms with Crippen LogP contribution in [0.2, 0.25) is 0 Å². The third kappa shape index (κ3) is 2.53. The number of furan rings is 1. The number of carbonyl (C=O) groups excluding carboxylic acids is 1. The maximum atomic E-state index is 11.6. The molecule has 0 spiro atoms. The summed E-state index contributed by atoms with van der Waals surface area (Å²) in [5.41, 5.74) is 0.337. The largest absolute Gasteiger partial charge is 0.462 e. The molecule has 2 aromatic heterocycles. The zero-order valence-electron chi connectivity index (χ0n) is 10.7. The predicted octanol–water partition coefficient (Wildman–Crippen LogP) is 1.22. The highest BCUT2D eigenvalue weighted by Crippen LogP contribution is 2.39. The summed E-state index contributed by atoms with van der Waals surface area (Å²) in [5, 5.41) is 3.31. The number of esters is 1. The summed E-state index contributed by atoms with van der Waals surface area (Å²) in [4.78, 5) is 30.0. The Kier molecular flexibility index (Phi) is 3.80. The van der Waals surface area contributed by atoms with E-state index in [1.54, 1.807) is 6.92 Å². The smallest absolute Gasteiger partial charge is 0.377 e. The fourth-order valence-corrected chi connectivity index (χ4v) is 2.32. The first-order valence-corrected chi connectivity index (χ1v) is 7.24. The van der Waals surface area contributed by atoms with Crippen LogP contribution in [0.3, 0.4) is 0 Å². The van der Waals surface area contributed by atoms with E-state index >= 15 is 0 Å². The molecule has 0 fully saturated rings. The lowest BCUT2D eigenvalue weighted by Crippen LogP contribution is -2.06. The van der Waals surface area contributed by atoms with Gasteiger partial charge in [-0.2, -0.15) is 0 Å². The van der Waals surface area contributed by atoms with Gasteiger partial charge in [0.15, 0.2) is 11.5 Å². The summed E-state index contributed by atoms with van der Waals surface area (Å²) in [6.45, 7) is 3.33. The van der Waals surface area contributed by atoms with Crippen LogP contribution in [0.5, 0.6) is 0 Å². The van der Waals surface area contributed by atoms with Crippen LogP contribution in [0.15, 0.2) is 21.3 Å². The maximum absolute atomic E-state index is 11.6. The molecule has 9 heteroatoms. The van der Waals surface area contributed by atoms with Gasteiger partial charge in [-0.25, -0.2) is 4.79 Å². The minimum absolute atomic E-state index is 0.0522. The quantitative estimate of drug-likeness (QED) is 0.638. The Labute approximate surface area is 113 Å². The van der Waals surface area contributed by atoms with Crippen LogP contribution in [0, 0.1) is 6.92 Å². The molecule has 2 heterocycles. The minimum Gasteiger partial charge on any atom is -0.462 e. The number of aromatic nitrogens is 1. The number of nitrogens with zero attached hydrogens (tertiary/aromatic N) is 1. The topological polar surface area (TPSA) is 123 Å². The molecule has 0 unspecified atom stereocenters. The molecule has 2 N–H and O–H groups in total. The second-order valence-corrected chi connectivity index (χ2v) is 5.45. The molecular weight excluding hydrogens is 289 g/mol. The van der Waals surface area contributed by atoms with E-state index in [0.717, 1.165) is 12.3 Å². The van der Waals surface area contributed by atoms with Crippen LogP contribution >= 0.6 is 7.60 Å². The number of ether oxygens (including phenoxy) is 1. The lowest BCUT2D eigenvalue weighted by Gasteiger charge is -2.02. The molecule has 0 saturated carbocycles. The summed E-state index contributed by atoms with van der Waals surface area (Å²) in [5.74, 6) is -0.960. The highest BCUT2D eigenvalue weighted by atomic mass is 31.2. The first kappa shape index (κ1) is 14.5. The van der Waals surface area contributed by atoms with E-state index in [2.05, 4.69) is 5.16 Å². The van der Waals surface area contributed by atoms with Crippen LogP contribution in [0.1, 0.15) is 23.0 Å². The van der Waals surface area contributed by atoms with Crippen molar-refractivity contribution in [2.24, 2.45) is 0 Å². The van der Waals surface area contributed by atoms with Crippen molar-refractivity contribution in [2.45, 2.75) is 13.8 Å². The Bertz CT molecular complexity index is 681. The van der Waals surface area contributed by atoms with Gasteiger partial charge in [-0.15, -0.1) is 0 Å². The average Bonchev–Trinajstić information content (AvgIpc) is 2.94. The Morgan fingerprint density at radius 1 is 1.50 bits per heavy atom. The van der Waals surface area contributed by atoms with Gasteiger partial charge in [-0.05, 0) is 19.9 Å². The molecule has 0 aliphatic carbocycles. The Morgan fingerprint density at radius 2 is 2.20 bits per heavy atom. The van der Waals surface area contributed by atoms with Crippen molar-refractivity contribution in [1.82, 2.24) is 5.16 Å². The normalized spacial score (nSPS) is 11.6. The van der Waals surface area contributed by atoms with Crippen LogP contribution < -0.4 is 5.30 Å². The van der Waals surface area contributed by atoms with E-state index in [-0.39, 0.29) is 34.7 Å². The van der Waals surface area contributed by atoms with E-state index < -0.39 is 13.6 Å². The first-order chi connectivity index (χ1) is 9.36. The molecule has 0 atom stereocenters. The van der Waals surface area contributed by atoms with Crippen molar-refractivity contribution in [3.05, 3.63) is 23.7 Å². The molecular formula is C11H12NO7P. The highest BCUT2D eigenvalue weighted by molar-refractivity contribution is 7.60. The number of rotatable bonds is 4. The van der Waals surface area contributed by atoms with Crippen LogP contribution in [0.25, 0.3) is 11.5 Å². The molecule has 0 bridgehead atoms. The SMILES string of the molecule is CCOC(=O)c1onc(-c2occc2P(=O)(O)O)c1C. The number of hydrogen-bond acceptors (Lipinski definition) is 6. The van der Waals surface area contributed by atoms with Crippen molar-refractivity contribution in [3.63, 3.8) is 0 Å². The van der Waals surface area contributed by atoms with Crippen molar-refractivity contribution < 1.29 is 32.8 Å². The Hall–Kier alpha value is -1.89. The standard InChI is InChI=1S/C11H12NO7P/c1-3-17-11(13)9-6(2)8(12-19-9)10-7(4-5-18-10)20(14,15)16/h4-5H,3H2,1-2H3,(H2,14,15,16). The van der Waals surface area contributed by atoms with Gasteiger partial charge in [0.2, 0.25) is 5.76 Å². The molecule has 8 nitrogen and oxygen atoms in total. The molecule has 0 saturated heterocycles. The van der Waals surface area contributed by atoms with Crippen molar-refractivity contribution >= 4 is 18.9 Å². The monoisotopic (exact) mass is 301 g/mol. The summed E-state index contributed by atoms with van der Waals surface area (Å²) >= 11 is 0. The summed E-state index contributed by atoms with van der Waals surface area (Å²) in [6, 6.07) is 1.15. The first-order valence-electron chi connectivity index (χ1n) is 5.63. The second kappa shape index (κ2) is 5.24. The van der Waals surface area contributed by atoms with Gasteiger partial charge in [-0.1, -0.05) is 5.16 Å². The van der Waals surface area contributed by atoms with Gasteiger partial charge in [0, 0.05) is 5.56 Å². The molecule has 2 aromatic rings. The fourth-order valence-electron chi connectivity index (χ4n) is 1.64. The summed E-state index contributed by atoms with van der Waals surface area (Å²) in [7, 11) is -4.51. The van der Waals surface area contributed by atoms with Gasteiger partial charge >= 0.3 is 13.6 Å². The zero-order valence-corrected chi connectivity index (χ0v) is 11.6. The van der Waals surface area contributed by atoms with Gasteiger partial charge in [0.25, 0.3) is 0 Å². The van der Waals surface area contributed by atoms with Crippen molar-refractivity contribution in [2.75, 3.05) is 6.61 Å². The molecule has 0 aliphatic rings. The average molecular weight is 301 g/mol. The van der Waals surface area contributed by atoms with Gasteiger partial charge in [0.1, 0.15) is 5.30 Å². The second-order valence-electron chi connectivity index (χ2n) is 3.88. The van der Waals surface area contributed by atoms with E-state index in [4.69, 9.17) is 13.7 Å². The van der Waals surface area contributed by atoms with E-state index in [1.165, 1.54) is 6.92 Å². The Balaban J connectivity index is 2.49. The zero-order chi connectivity index (χ0) is 14.9. The van der Waals surface area contributed by atoms with Gasteiger partial charge < -0.3 is 23.5 Å². The van der Waals surface area contributed by atoms with E-state index in [9.17, 15) is 19.1 Å². The highest BCUT2D eigenvalue weighted by Gasteiger charge is 2.30. The Morgan fingerprint density at radius 3 is 2.80 bits per heavy atom. The number of carbonyl (C=O) groups is 1. The minimum atomic E-state index is -4.51.